The van der Waals surface area contributed by atoms with Gasteiger partial charge in [0.25, 0.3) is 0 Å². The summed E-state index contributed by atoms with van der Waals surface area (Å²) in [6.07, 6.45) is 2.76. The van der Waals surface area contributed by atoms with E-state index in [-0.39, 0.29) is 0 Å². The molecule has 0 aliphatic rings. The van der Waals surface area contributed by atoms with Gasteiger partial charge in [0.15, 0.2) is 6.29 Å². The zero-order chi connectivity index (χ0) is 11.5. The van der Waals surface area contributed by atoms with Crippen LogP contribution in [0.5, 0.6) is 0 Å². The second-order valence-electron chi connectivity index (χ2n) is 3.57. The van der Waals surface area contributed by atoms with Crippen molar-refractivity contribution in [3.63, 3.8) is 0 Å². The smallest absolute Gasteiger partial charge is 0.160 e. The summed E-state index contributed by atoms with van der Waals surface area (Å²) in [5.74, 6) is 0. The lowest BCUT2D eigenvalue weighted by Crippen LogP contribution is -1.99. The first-order valence-corrected chi connectivity index (χ1v) is 6.28. The molecular formula is C12H14N2OS. The van der Waals surface area contributed by atoms with E-state index >= 15 is 0 Å². The Balaban J connectivity index is 2.45. The van der Waals surface area contributed by atoms with Crippen LogP contribution >= 0.6 is 11.3 Å². The lowest BCUT2D eigenvalue weighted by Gasteiger charge is -2.01. The molecular weight excluding hydrogens is 220 g/mol. The van der Waals surface area contributed by atoms with E-state index in [1.165, 1.54) is 17.0 Å². The molecule has 2 rings (SSSR count). The van der Waals surface area contributed by atoms with Crippen molar-refractivity contribution < 1.29 is 4.79 Å². The first kappa shape index (κ1) is 11.1. The van der Waals surface area contributed by atoms with Crippen LogP contribution in [0.25, 0.3) is 5.69 Å². The molecule has 0 aliphatic carbocycles. The summed E-state index contributed by atoms with van der Waals surface area (Å²) in [6.45, 7) is 4.20. The van der Waals surface area contributed by atoms with Crippen LogP contribution in [-0.2, 0) is 12.8 Å². The van der Waals surface area contributed by atoms with Gasteiger partial charge < -0.3 is 0 Å². The van der Waals surface area contributed by atoms with Crippen LogP contribution in [0.2, 0.25) is 0 Å². The second-order valence-corrected chi connectivity index (χ2v) is 4.51. The van der Waals surface area contributed by atoms with Crippen LogP contribution in [-0.4, -0.2) is 16.1 Å². The zero-order valence-corrected chi connectivity index (χ0v) is 10.3. The predicted molar refractivity (Wildman–Crippen MR) is 65.6 cm³/mol. The van der Waals surface area contributed by atoms with Crippen molar-refractivity contribution in [2.75, 3.05) is 0 Å². The van der Waals surface area contributed by atoms with Crippen molar-refractivity contribution in [3.8, 4) is 5.69 Å². The number of aldehydes is 1. The molecule has 0 bridgehead atoms. The van der Waals surface area contributed by atoms with Crippen LogP contribution in [0.3, 0.4) is 0 Å². The Morgan fingerprint density at radius 2 is 2.19 bits per heavy atom. The Morgan fingerprint density at radius 3 is 2.75 bits per heavy atom. The molecule has 0 aliphatic heterocycles. The number of nitrogens with zero attached hydrogens (tertiary/aromatic N) is 2. The van der Waals surface area contributed by atoms with Gasteiger partial charge in [-0.3, -0.25) is 4.79 Å². The number of thiophene rings is 1. The summed E-state index contributed by atoms with van der Waals surface area (Å²) in [5.41, 5.74) is 3.27. The molecule has 0 radical (unpaired) electrons. The fourth-order valence-electron chi connectivity index (χ4n) is 1.64. The summed E-state index contributed by atoms with van der Waals surface area (Å²) in [6, 6.07) is 4.00. The van der Waals surface area contributed by atoms with E-state index in [4.69, 9.17) is 0 Å². The Hall–Kier alpha value is -1.42. The van der Waals surface area contributed by atoms with Crippen LogP contribution in [0.4, 0.5) is 0 Å². The van der Waals surface area contributed by atoms with E-state index < -0.39 is 0 Å². The maximum absolute atomic E-state index is 10.6. The van der Waals surface area contributed by atoms with E-state index in [0.717, 1.165) is 35.4 Å². The Morgan fingerprint density at radius 1 is 1.38 bits per heavy atom. The molecule has 0 N–H and O–H groups in total. The Kier molecular flexibility index (Phi) is 3.19. The molecule has 16 heavy (non-hydrogen) atoms. The van der Waals surface area contributed by atoms with Crippen molar-refractivity contribution in [2.24, 2.45) is 0 Å². The van der Waals surface area contributed by atoms with Crippen molar-refractivity contribution in [2.45, 2.75) is 26.7 Å². The minimum Gasteiger partial charge on any atom is -0.297 e. The molecule has 2 heterocycles. The van der Waals surface area contributed by atoms with E-state index in [1.54, 1.807) is 0 Å². The third kappa shape index (κ3) is 1.93. The standard InChI is InChI=1S/C12H14N2OS/c1-3-9-5-10(4-2)14(13-9)11-6-12(7-15)16-8-11/h5-8H,3-4H2,1-2H3. The molecule has 0 aromatic carbocycles. The van der Waals surface area contributed by atoms with Gasteiger partial charge in [-0.1, -0.05) is 13.8 Å². The maximum atomic E-state index is 10.6. The highest BCUT2D eigenvalue weighted by Gasteiger charge is 2.08. The molecule has 3 nitrogen and oxygen atoms in total. The first-order chi connectivity index (χ1) is 7.78. The van der Waals surface area contributed by atoms with Crippen LogP contribution in [0.15, 0.2) is 17.5 Å². The SMILES string of the molecule is CCc1cc(CC)n(-c2csc(C=O)c2)n1. The maximum Gasteiger partial charge on any atom is 0.160 e. The summed E-state index contributed by atoms with van der Waals surface area (Å²) < 4.78 is 1.93. The summed E-state index contributed by atoms with van der Waals surface area (Å²) >= 11 is 1.45. The van der Waals surface area contributed by atoms with Gasteiger partial charge in [-0.25, -0.2) is 4.68 Å². The molecule has 0 fully saturated rings. The van der Waals surface area contributed by atoms with Crippen LogP contribution in [0, 0.1) is 0 Å². The normalized spacial score (nSPS) is 10.6. The average molecular weight is 234 g/mol. The molecule has 0 saturated heterocycles. The molecule has 2 aromatic heterocycles. The van der Waals surface area contributed by atoms with E-state index in [1.807, 2.05) is 16.1 Å². The number of carbonyl (C=O) groups is 1. The predicted octanol–water partition coefficient (Wildman–Crippen LogP) is 2.87. The molecule has 84 valence electrons. The van der Waals surface area contributed by atoms with Gasteiger partial charge in [0.05, 0.1) is 16.3 Å². The summed E-state index contributed by atoms with van der Waals surface area (Å²) in [4.78, 5) is 11.4. The lowest BCUT2D eigenvalue weighted by atomic mass is 10.2. The highest BCUT2D eigenvalue weighted by atomic mass is 32.1. The van der Waals surface area contributed by atoms with Crippen molar-refractivity contribution in [3.05, 3.63) is 33.8 Å². The van der Waals surface area contributed by atoms with Gasteiger partial charge in [0.2, 0.25) is 0 Å². The Bertz CT molecular complexity index is 499. The van der Waals surface area contributed by atoms with Gasteiger partial charge in [-0.15, -0.1) is 11.3 Å². The number of aryl methyl sites for hydroxylation is 2. The van der Waals surface area contributed by atoms with E-state index in [2.05, 4.69) is 25.0 Å². The molecule has 0 unspecified atom stereocenters. The van der Waals surface area contributed by atoms with Gasteiger partial charge in [0.1, 0.15) is 0 Å². The fraction of sp³-hybridized carbons (Fsp3) is 0.333. The molecule has 4 heteroatoms. The fourth-order valence-corrected chi connectivity index (χ4v) is 2.31. The van der Waals surface area contributed by atoms with Crippen LogP contribution < -0.4 is 0 Å². The highest BCUT2D eigenvalue weighted by Crippen LogP contribution is 2.19. The zero-order valence-electron chi connectivity index (χ0n) is 9.43. The van der Waals surface area contributed by atoms with E-state index in [9.17, 15) is 4.79 Å². The average Bonchev–Trinajstić information content (AvgIpc) is 2.94. The number of aromatic nitrogens is 2. The monoisotopic (exact) mass is 234 g/mol. The third-order valence-corrected chi connectivity index (χ3v) is 3.37. The molecule has 0 spiro atoms. The largest absolute Gasteiger partial charge is 0.297 e. The quantitative estimate of drug-likeness (QED) is 0.762. The topological polar surface area (TPSA) is 34.9 Å². The van der Waals surface area contributed by atoms with Crippen molar-refractivity contribution in [1.82, 2.24) is 9.78 Å². The first-order valence-electron chi connectivity index (χ1n) is 5.40. The minimum absolute atomic E-state index is 0.741. The second kappa shape index (κ2) is 4.61. The molecule has 0 atom stereocenters. The minimum atomic E-state index is 0.741. The van der Waals surface area contributed by atoms with E-state index in [0.29, 0.717) is 0 Å². The highest BCUT2D eigenvalue weighted by molar-refractivity contribution is 7.12. The number of hydrogen-bond acceptors (Lipinski definition) is 3. The number of carbonyl (C=O) groups excluding carboxylic acids is 1. The number of hydrogen-bond donors (Lipinski definition) is 0. The number of rotatable bonds is 4. The lowest BCUT2D eigenvalue weighted by molar-refractivity contribution is 0.112. The summed E-state index contributed by atoms with van der Waals surface area (Å²) in [7, 11) is 0. The third-order valence-electron chi connectivity index (χ3n) is 2.52. The molecule has 0 amide bonds. The molecule has 0 saturated carbocycles. The van der Waals surface area contributed by atoms with Gasteiger partial charge in [-0.05, 0) is 25.0 Å². The Labute approximate surface area is 98.7 Å². The molecule has 2 aromatic rings. The van der Waals surface area contributed by atoms with Gasteiger partial charge >= 0.3 is 0 Å². The van der Waals surface area contributed by atoms with Crippen LogP contribution in [0.1, 0.15) is 34.9 Å². The summed E-state index contributed by atoms with van der Waals surface area (Å²) in [5, 5.41) is 6.49. The van der Waals surface area contributed by atoms with Crippen molar-refractivity contribution >= 4 is 17.6 Å². The van der Waals surface area contributed by atoms with Gasteiger partial charge in [-0.2, -0.15) is 5.10 Å². The van der Waals surface area contributed by atoms with Crippen molar-refractivity contribution in [1.29, 1.82) is 0 Å². The van der Waals surface area contributed by atoms with Gasteiger partial charge in [0, 0.05) is 11.1 Å².